The van der Waals surface area contributed by atoms with Crippen LogP contribution < -0.4 is 10.8 Å². The van der Waals surface area contributed by atoms with Crippen LogP contribution in [0.25, 0.3) is 0 Å². The van der Waals surface area contributed by atoms with Gasteiger partial charge in [0.25, 0.3) is 0 Å². The Labute approximate surface area is 73.6 Å². The first kappa shape index (κ1) is 7.86. The molecule has 62 valence electrons. The van der Waals surface area contributed by atoms with Gasteiger partial charge in [0.05, 0.1) is 6.04 Å². The van der Waals surface area contributed by atoms with Crippen molar-refractivity contribution in [2.75, 3.05) is 13.1 Å². The third kappa shape index (κ3) is 1.53. The zero-order valence-corrected chi connectivity index (χ0v) is 7.03. The molecule has 1 fully saturated rings. The minimum atomic E-state index is 0.545. The fourth-order valence-electron chi connectivity index (χ4n) is 1.62. The topological polar surface area (TPSA) is 29.9 Å². The molecule has 4 heteroatoms. The lowest BCUT2D eigenvalue weighted by Gasteiger charge is -2.22. The van der Waals surface area contributed by atoms with Crippen molar-refractivity contribution in [1.29, 1.82) is 0 Å². The van der Waals surface area contributed by atoms with E-state index in [-0.39, 0.29) is 0 Å². The van der Waals surface area contributed by atoms with Crippen LogP contribution in [0.4, 0.5) is 0 Å². The first-order valence-electron chi connectivity index (χ1n) is 4.36. The molecule has 2 radical (unpaired) electrons. The van der Waals surface area contributed by atoms with Gasteiger partial charge in [-0.1, -0.05) is 5.46 Å². The van der Waals surface area contributed by atoms with Crippen LogP contribution in [-0.2, 0) is 0 Å². The van der Waals surface area contributed by atoms with Crippen molar-refractivity contribution in [3.8, 4) is 0 Å². The molecule has 1 aliphatic heterocycles. The number of rotatable bonds is 1. The Balaban J connectivity index is 2.08. The number of hydrogen-bond acceptors (Lipinski definition) is 2. The van der Waals surface area contributed by atoms with Crippen LogP contribution in [0.2, 0.25) is 0 Å². The van der Waals surface area contributed by atoms with Gasteiger partial charge in [-0.15, -0.1) is 0 Å². The summed E-state index contributed by atoms with van der Waals surface area (Å²) in [5.41, 5.74) is 0.758. The smallest absolute Gasteiger partial charge is 0.118 e. The van der Waals surface area contributed by atoms with Crippen molar-refractivity contribution in [2.24, 2.45) is 0 Å². The van der Waals surface area contributed by atoms with E-state index in [9.17, 15) is 0 Å². The predicted octanol–water partition coefficient (Wildman–Crippen LogP) is -0.399. The summed E-state index contributed by atoms with van der Waals surface area (Å²) < 4.78 is 1.98. The SMILES string of the molecule is [B]c1cnn(C2CCNCC2)c1. The first-order valence-corrected chi connectivity index (χ1v) is 4.36. The molecule has 0 unspecified atom stereocenters. The van der Waals surface area contributed by atoms with Crippen LogP contribution in [0.1, 0.15) is 18.9 Å². The molecule has 1 aliphatic rings. The van der Waals surface area contributed by atoms with E-state index >= 15 is 0 Å². The maximum absolute atomic E-state index is 5.59. The number of hydrogen-bond donors (Lipinski definition) is 1. The highest BCUT2D eigenvalue weighted by Crippen LogP contribution is 2.15. The van der Waals surface area contributed by atoms with Crippen molar-refractivity contribution in [3.63, 3.8) is 0 Å². The highest BCUT2D eigenvalue weighted by Gasteiger charge is 2.14. The van der Waals surface area contributed by atoms with E-state index in [4.69, 9.17) is 7.85 Å². The maximum atomic E-state index is 5.59. The van der Waals surface area contributed by atoms with E-state index in [1.54, 1.807) is 6.20 Å². The summed E-state index contributed by atoms with van der Waals surface area (Å²) in [6.07, 6.45) is 5.93. The second kappa shape index (κ2) is 3.31. The van der Waals surface area contributed by atoms with Gasteiger partial charge in [-0.25, -0.2) is 0 Å². The third-order valence-corrected chi connectivity index (χ3v) is 2.30. The van der Waals surface area contributed by atoms with E-state index < -0.39 is 0 Å². The summed E-state index contributed by atoms with van der Waals surface area (Å²) >= 11 is 0. The molecule has 2 heterocycles. The first-order chi connectivity index (χ1) is 5.86. The summed E-state index contributed by atoms with van der Waals surface area (Å²) in [7, 11) is 5.59. The molecule has 0 amide bonds. The van der Waals surface area contributed by atoms with Gasteiger partial charge in [-0.05, 0) is 25.9 Å². The lowest BCUT2D eigenvalue weighted by atomic mass is 10.0. The minimum absolute atomic E-state index is 0.545. The minimum Gasteiger partial charge on any atom is -0.317 e. The van der Waals surface area contributed by atoms with Gasteiger partial charge >= 0.3 is 0 Å². The molecule has 0 saturated carbocycles. The van der Waals surface area contributed by atoms with Crippen LogP contribution in [0.5, 0.6) is 0 Å². The molecule has 0 spiro atoms. The second-order valence-electron chi connectivity index (χ2n) is 3.23. The van der Waals surface area contributed by atoms with E-state index in [0.29, 0.717) is 6.04 Å². The van der Waals surface area contributed by atoms with Gasteiger partial charge in [0.2, 0.25) is 0 Å². The second-order valence-corrected chi connectivity index (χ2v) is 3.23. The Morgan fingerprint density at radius 3 is 2.83 bits per heavy atom. The average Bonchev–Trinajstić information content (AvgIpc) is 2.54. The molecule has 1 N–H and O–H groups in total. The average molecular weight is 161 g/mol. The number of nitrogens with zero attached hydrogens (tertiary/aromatic N) is 2. The maximum Gasteiger partial charge on any atom is 0.118 e. The van der Waals surface area contributed by atoms with Gasteiger partial charge in [0.15, 0.2) is 0 Å². The third-order valence-electron chi connectivity index (χ3n) is 2.30. The molecule has 2 rings (SSSR count). The van der Waals surface area contributed by atoms with Crippen LogP contribution in [-0.4, -0.2) is 30.7 Å². The van der Waals surface area contributed by atoms with Crippen molar-refractivity contribution in [1.82, 2.24) is 15.1 Å². The zero-order chi connectivity index (χ0) is 8.39. The highest BCUT2D eigenvalue weighted by atomic mass is 15.3. The van der Waals surface area contributed by atoms with Crippen molar-refractivity contribution in [3.05, 3.63) is 12.4 Å². The Morgan fingerprint density at radius 2 is 2.25 bits per heavy atom. The van der Waals surface area contributed by atoms with E-state index in [0.717, 1.165) is 31.4 Å². The Kier molecular flexibility index (Phi) is 2.17. The van der Waals surface area contributed by atoms with Crippen molar-refractivity contribution >= 4 is 13.3 Å². The molecular formula is C8H12BN3. The summed E-state index contributed by atoms with van der Waals surface area (Å²) in [6.45, 7) is 2.18. The lowest BCUT2D eigenvalue weighted by Crippen LogP contribution is -2.29. The Bertz CT molecular complexity index is 253. The predicted molar refractivity (Wildman–Crippen MR) is 48.8 cm³/mol. The van der Waals surface area contributed by atoms with Crippen LogP contribution in [0.3, 0.4) is 0 Å². The van der Waals surface area contributed by atoms with Crippen molar-refractivity contribution < 1.29 is 0 Å². The molecule has 12 heavy (non-hydrogen) atoms. The molecule has 0 aliphatic carbocycles. The summed E-state index contributed by atoms with van der Waals surface area (Å²) in [5, 5.41) is 7.52. The van der Waals surface area contributed by atoms with Crippen molar-refractivity contribution in [2.45, 2.75) is 18.9 Å². The zero-order valence-electron chi connectivity index (χ0n) is 7.03. The molecule has 0 atom stereocenters. The largest absolute Gasteiger partial charge is 0.317 e. The Hall–Kier alpha value is -0.765. The van der Waals surface area contributed by atoms with E-state index in [1.165, 1.54) is 0 Å². The monoisotopic (exact) mass is 161 g/mol. The van der Waals surface area contributed by atoms with Crippen LogP contribution >= 0.6 is 0 Å². The normalized spacial score (nSPS) is 19.7. The molecule has 0 bridgehead atoms. The fraction of sp³-hybridized carbons (Fsp3) is 0.625. The van der Waals surface area contributed by atoms with Crippen LogP contribution in [0.15, 0.2) is 12.4 Å². The molecule has 1 aromatic rings. The summed E-state index contributed by atoms with van der Waals surface area (Å²) in [4.78, 5) is 0. The van der Waals surface area contributed by atoms with E-state index in [2.05, 4.69) is 10.4 Å². The summed E-state index contributed by atoms with van der Waals surface area (Å²) in [6, 6.07) is 0.545. The fourth-order valence-corrected chi connectivity index (χ4v) is 1.62. The molecule has 0 aromatic carbocycles. The van der Waals surface area contributed by atoms with E-state index in [1.807, 2.05) is 10.9 Å². The lowest BCUT2D eigenvalue weighted by molar-refractivity contribution is 0.343. The van der Waals surface area contributed by atoms with Gasteiger partial charge in [0, 0.05) is 12.4 Å². The highest BCUT2D eigenvalue weighted by molar-refractivity contribution is 6.31. The molecule has 1 saturated heterocycles. The number of nitrogens with one attached hydrogen (secondary N) is 1. The van der Waals surface area contributed by atoms with Crippen LogP contribution in [0, 0.1) is 0 Å². The molecule has 3 nitrogen and oxygen atoms in total. The van der Waals surface area contributed by atoms with Gasteiger partial charge in [0.1, 0.15) is 7.85 Å². The standard InChI is InChI=1S/C8H12BN3/c9-7-5-11-12(6-7)8-1-3-10-4-2-8/h5-6,8,10H,1-4H2. The molecular weight excluding hydrogens is 149 g/mol. The van der Waals surface area contributed by atoms with Gasteiger partial charge < -0.3 is 5.32 Å². The van der Waals surface area contributed by atoms with Gasteiger partial charge in [-0.2, -0.15) is 5.10 Å². The Morgan fingerprint density at radius 1 is 1.50 bits per heavy atom. The number of aromatic nitrogens is 2. The quantitative estimate of drug-likeness (QED) is 0.568. The molecule has 1 aromatic heterocycles. The van der Waals surface area contributed by atoms with Gasteiger partial charge in [-0.3, -0.25) is 4.68 Å². The summed E-state index contributed by atoms with van der Waals surface area (Å²) in [5.74, 6) is 0. The number of piperidine rings is 1.